The van der Waals surface area contributed by atoms with E-state index >= 15 is 0 Å². The van der Waals surface area contributed by atoms with Crippen LogP contribution in [0.5, 0.6) is 0 Å². The van der Waals surface area contributed by atoms with Gasteiger partial charge in [-0.2, -0.15) is 5.10 Å². The average molecular weight is 264 g/mol. The molecule has 0 aromatic carbocycles. The molecule has 1 aromatic heterocycles. The minimum Gasteiger partial charge on any atom is -0.467 e. The van der Waals surface area contributed by atoms with E-state index in [1.165, 1.54) is 7.11 Å². The van der Waals surface area contributed by atoms with Gasteiger partial charge in [-0.15, -0.1) is 0 Å². The molecule has 5 nitrogen and oxygen atoms in total. The highest BCUT2D eigenvalue weighted by Crippen LogP contribution is 2.44. The molecule has 1 unspecified atom stereocenters. The van der Waals surface area contributed by atoms with E-state index in [-0.39, 0.29) is 17.4 Å². The lowest BCUT2D eigenvalue weighted by Crippen LogP contribution is -2.46. The molecule has 0 spiro atoms. The highest BCUT2D eigenvalue weighted by Gasteiger charge is 2.44. The third-order valence-electron chi connectivity index (χ3n) is 4.58. The highest BCUT2D eigenvalue weighted by molar-refractivity contribution is 5.73. The minimum absolute atomic E-state index is 0.0653. The molecule has 0 N–H and O–H groups in total. The van der Waals surface area contributed by atoms with Gasteiger partial charge in [0, 0.05) is 11.6 Å². The highest BCUT2D eigenvalue weighted by atomic mass is 16.5. The van der Waals surface area contributed by atoms with Crippen molar-refractivity contribution in [2.45, 2.75) is 50.2 Å². The fraction of sp³-hybridized carbons (Fsp3) is 0.714. The zero-order valence-electron chi connectivity index (χ0n) is 11.5. The molecule has 4 rings (SSSR count). The summed E-state index contributed by atoms with van der Waals surface area (Å²) < 4.78 is 12.3. The first-order valence-electron chi connectivity index (χ1n) is 6.90. The third-order valence-corrected chi connectivity index (χ3v) is 4.58. The van der Waals surface area contributed by atoms with Crippen LogP contribution in [0.3, 0.4) is 0 Å². The van der Waals surface area contributed by atoms with E-state index in [1.54, 1.807) is 11.6 Å². The van der Waals surface area contributed by atoms with Gasteiger partial charge in [0.25, 0.3) is 0 Å². The van der Waals surface area contributed by atoms with Crippen molar-refractivity contribution in [1.82, 2.24) is 9.78 Å². The van der Waals surface area contributed by atoms with Crippen LogP contribution in [0.25, 0.3) is 0 Å². The van der Waals surface area contributed by atoms with Crippen LogP contribution in [0.15, 0.2) is 12.3 Å². The molecule has 104 valence electrons. The van der Waals surface area contributed by atoms with Gasteiger partial charge in [-0.05, 0) is 38.7 Å². The Hall–Kier alpha value is -1.36. The zero-order valence-corrected chi connectivity index (χ0v) is 11.5. The molecule has 2 aliphatic heterocycles. The topological polar surface area (TPSA) is 53.4 Å². The number of hydrogen-bond donors (Lipinski definition) is 0. The quantitative estimate of drug-likeness (QED) is 0.782. The number of nitrogens with zero attached hydrogens (tertiary/aromatic N) is 2. The van der Waals surface area contributed by atoms with Crippen LogP contribution in [-0.4, -0.2) is 35.6 Å². The Morgan fingerprint density at radius 2 is 2.32 bits per heavy atom. The van der Waals surface area contributed by atoms with Gasteiger partial charge in [0.1, 0.15) is 6.04 Å². The predicted molar refractivity (Wildman–Crippen MR) is 68.8 cm³/mol. The summed E-state index contributed by atoms with van der Waals surface area (Å²) in [6.45, 7) is 2.57. The molecule has 0 radical (unpaired) electrons. The normalized spacial score (nSPS) is 31.2. The molecule has 1 aliphatic carbocycles. The third kappa shape index (κ3) is 2.06. The molecule has 1 saturated carbocycles. The van der Waals surface area contributed by atoms with Crippen LogP contribution in [0.4, 0.5) is 0 Å². The summed E-state index contributed by atoms with van der Waals surface area (Å²) >= 11 is 0. The number of methoxy groups -OCH3 is 1. The molecular weight excluding hydrogens is 244 g/mol. The fourth-order valence-electron chi connectivity index (χ4n) is 3.18. The molecule has 1 aromatic rings. The minimum atomic E-state index is -0.379. The summed E-state index contributed by atoms with van der Waals surface area (Å²) in [7, 11) is 1.40. The Kier molecular flexibility index (Phi) is 3.09. The number of aromatic nitrogens is 2. The summed E-state index contributed by atoms with van der Waals surface area (Å²) in [4.78, 5) is 11.5. The SMILES string of the molecule is COC(=O)C(C)n1ccc(C23CCC(CC2)OC3)n1. The molecule has 3 aliphatic rings. The summed E-state index contributed by atoms with van der Waals surface area (Å²) in [6, 6.07) is 1.64. The Morgan fingerprint density at radius 1 is 1.58 bits per heavy atom. The van der Waals surface area contributed by atoms with Gasteiger partial charge in [0.15, 0.2) is 0 Å². The van der Waals surface area contributed by atoms with Crippen LogP contribution in [-0.2, 0) is 19.7 Å². The summed E-state index contributed by atoms with van der Waals surface area (Å²) in [5.41, 5.74) is 1.12. The van der Waals surface area contributed by atoms with Crippen molar-refractivity contribution in [2.75, 3.05) is 13.7 Å². The Balaban J connectivity index is 1.83. The molecule has 2 bridgehead atoms. The second-order valence-electron chi connectivity index (χ2n) is 5.67. The van der Waals surface area contributed by atoms with Crippen molar-refractivity contribution < 1.29 is 14.3 Å². The van der Waals surface area contributed by atoms with E-state index < -0.39 is 0 Å². The van der Waals surface area contributed by atoms with Gasteiger partial charge in [0.2, 0.25) is 0 Å². The number of carbonyl (C=O) groups is 1. The fourth-order valence-corrected chi connectivity index (χ4v) is 3.18. The number of carbonyl (C=O) groups excluding carboxylic acids is 1. The lowest BCUT2D eigenvalue weighted by molar-refractivity contribution is -0.144. The van der Waals surface area contributed by atoms with Crippen LogP contribution in [0, 0.1) is 0 Å². The Bertz CT molecular complexity index is 461. The van der Waals surface area contributed by atoms with E-state index in [4.69, 9.17) is 9.47 Å². The van der Waals surface area contributed by atoms with E-state index in [9.17, 15) is 4.79 Å². The van der Waals surface area contributed by atoms with Crippen molar-refractivity contribution in [3.8, 4) is 0 Å². The van der Waals surface area contributed by atoms with Crippen molar-refractivity contribution >= 4 is 5.97 Å². The van der Waals surface area contributed by atoms with Gasteiger partial charge in [-0.1, -0.05) is 0 Å². The lowest BCUT2D eigenvalue weighted by atomic mass is 9.69. The van der Waals surface area contributed by atoms with Crippen LogP contribution in [0.1, 0.15) is 44.3 Å². The van der Waals surface area contributed by atoms with Gasteiger partial charge < -0.3 is 9.47 Å². The molecule has 1 atom stereocenters. The average Bonchev–Trinajstić information content (AvgIpc) is 2.98. The number of fused-ring (bicyclic) bond motifs is 3. The van der Waals surface area contributed by atoms with E-state index in [2.05, 4.69) is 5.10 Å². The van der Waals surface area contributed by atoms with Crippen molar-refractivity contribution in [3.63, 3.8) is 0 Å². The molecule has 3 fully saturated rings. The standard InChI is InChI=1S/C14H20N2O3/c1-10(13(17)18-2)16-8-5-12(15-16)14-6-3-11(4-7-14)19-9-14/h5,8,10-11H,3-4,6-7,9H2,1-2H3. The first kappa shape index (κ1) is 12.7. The van der Waals surface area contributed by atoms with Crippen LogP contribution >= 0.6 is 0 Å². The largest absolute Gasteiger partial charge is 0.467 e. The van der Waals surface area contributed by atoms with Crippen LogP contribution in [0.2, 0.25) is 0 Å². The zero-order chi connectivity index (χ0) is 13.5. The molecule has 2 saturated heterocycles. The van der Waals surface area contributed by atoms with Gasteiger partial charge >= 0.3 is 5.97 Å². The Labute approximate surface area is 112 Å². The first-order valence-corrected chi connectivity index (χ1v) is 6.90. The first-order chi connectivity index (χ1) is 9.14. The molecular formula is C14H20N2O3. The Morgan fingerprint density at radius 3 is 2.89 bits per heavy atom. The molecule has 0 amide bonds. The molecule has 3 heterocycles. The summed E-state index contributed by atoms with van der Waals surface area (Å²) in [5, 5.41) is 4.61. The number of esters is 1. The number of rotatable bonds is 3. The van der Waals surface area contributed by atoms with Gasteiger partial charge in [-0.25, -0.2) is 4.79 Å². The number of ether oxygens (including phenoxy) is 2. The van der Waals surface area contributed by atoms with E-state index in [0.717, 1.165) is 38.0 Å². The van der Waals surface area contributed by atoms with Crippen molar-refractivity contribution in [1.29, 1.82) is 0 Å². The second-order valence-corrected chi connectivity index (χ2v) is 5.67. The predicted octanol–water partition coefficient (Wildman–Crippen LogP) is 1.83. The van der Waals surface area contributed by atoms with Gasteiger partial charge in [0.05, 0.1) is 25.5 Å². The van der Waals surface area contributed by atoms with Crippen molar-refractivity contribution in [2.24, 2.45) is 0 Å². The maximum absolute atomic E-state index is 11.5. The van der Waals surface area contributed by atoms with Crippen LogP contribution < -0.4 is 0 Å². The summed E-state index contributed by atoms with van der Waals surface area (Å²) in [5.74, 6) is -0.268. The molecule has 5 heteroatoms. The molecule has 19 heavy (non-hydrogen) atoms. The van der Waals surface area contributed by atoms with E-state index in [1.807, 2.05) is 12.3 Å². The maximum atomic E-state index is 11.5. The smallest absolute Gasteiger partial charge is 0.330 e. The second kappa shape index (κ2) is 4.63. The maximum Gasteiger partial charge on any atom is 0.330 e. The monoisotopic (exact) mass is 264 g/mol. The van der Waals surface area contributed by atoms with Crippen molar-refractivity contribution in [3.05, 3.63) is 18.0 Å². The van der Waals surface area contributed by atoms with E-state index in [0.29, 0.717) is 6.10 Å². The summed E-state index contributed by atoms with van der Waals surface area (Å²) in [6.07, 6.45) is 6.85. The number of hydrogen-bond acceptors (Lipinski definition) is 4. The lowest BCUT2D eigenvalue weighted by Gasteiger charge is -2.45. The van der Waals surface area contributed by atoms with Gasteiger partial charge in [-0.3, -0.25) is 4.68 Å².